The minimum absolute atomic E-state index is 0.0427. The second-order valence-electron chi connectivity index (χ2n) is 4.89. The number of pyridine rings is 1. The van der Waals surface area contributed by atoms with Gasteiger partial charge in [-0.3, -0.25) is 4.79 Å². The Kier molecular flexibility index (Phi) is 6.07. The molecular weight excluding hydrogens is 406 g/mol. The molecule has 1 aromatic heterocycles. The van der Waals surface area contributed by atoms with Crippen LogP contribution in [0.3, 0.4) is 0 Å². The van der Waals surface area contributed by atoms with Crippen LogP contribution >= 0.6 is 23.4 Å². The number of nitrogens with one attached hydrogen (secondary N) is 1. The third kappa shape index (κ3) is 5.28. The minimum Gasteiger partial charge on any atom is -0.325 e. The summed E-state index contributed by atoms with van der Waals surface area (Å²) >= 11 is 6.40. The average molecular weight is 415 g/mol. The van der Waals surface area contributed by atoms with E-state index in [1.807, 2.05) is 0 Å². The van der Waals surface area contributed by atoms with Gasteiger partial charge in [-0.2, -0.15) is 26.3 Å². The number of carbonyl (C=O) groups excluding carboxylic acids is 1. The molecule has 0 aliphatic rings. The van der Waals surface area contributed by atoms with E-state index in [1.165, 1.54) is 12.1 Å². The van der Waals surface area contributed by atoms with Crippen LogP contribution in [0.15, 0.2) is 41.6 Å². The van der Waals surface area contributed by atoms with Gasteiger partial charge in [-0.25, -0.2) is 4.98 Å². The van der Waals surface area contributed by atoms with Crippen molar-refractivity contribution in [3.63, 3.8) is 0 Å². The normalized spacial score (nSPS) is 12.1. The molecule has 11 heteroatoms. The van der Waals surface area contributed by atoms with Crippen LogP contribution in [0.2, 0.25) is 5.02 Å². The van der Waals surface area contributed by atoms with Crippen molar-refractivity contribution in [3.05, 3.63) is 52.7 Å². The van der Waals surface area contributed by atoms with Gasteiger partial charge in [0.2, 0.25) is 5.91 Å². The molecular formula is C15H9ClF6N2OS. The lowest BCUT2D eigenvalue weighted by molar-refractivity contribution is -0.138. The number of anilines is 1. The fraction of sp³-hybridized carbons (Fsp3) is 0.200. The number of benzene rings is 1. The van der Waals surface area contributed by atoms with E-state index in [0.717, 1.165) is 12.1 Å². The molecule has 0 atom stereocenters. The first-order valence-corrected chi connectivity index (χ1v) is 8.16. The predicted molar refractivity (Wildman–Crippen MR) is 85.0 cm³/mol. The molecule has 140 valence electrons. The molecule has 0 radical (unpaired) electrons. The maximum Gasteiger partial charge on any atom is 0.418 e. The van der Waals surface area contributed by atoms with E-state index in [2.05, 4.69) is 10.3 Å². The summed E-state index contributed by atoms with van der Waals surface area (Å²) in [4.78, 5) is 15.4. The van der Waals surface area contributed by atoms with E-state index >= 15 is 0 Å². The molecule has 0 unspecified atom stereocenters. The maximum absolute atomic E-state index is 12.9. The Bertz CT molecular complexity index is 809. The van der Waals surface area contributed by atoms with Gasteiger partial charge in [-0.1, -0.05) is 35.5 Å². The van der Waals surface area contributed by atoms with Crippen LogP contribution < -0.4 is 5.32 Å². The number of carbonyl (C=O) groups is 1. The number of nitrogens with zero attached hydrogens (tertiary/aromatic N) is 1. The summed E-state index contributed by atoms with van der Waals surface area (Å²) in [6, 6.07) is 5.07. The number of thioether (sulfide) groups is 1. The van der Waals surface area contributed by atoms with Crippen LogP contribution in [0.5, 0.6) is 0 Å². The Balaban J connectivity index is 2.05. The van der Waals surface area contributed by atoms with Crippen molar-refractivity contribution in [1.29, 1.82) is 0 Å². The molecule has 1 heterocycles. The van der Waals surface area contributed by atoms with E-state index in [4.69, 9.17) is 11.6 Å². The molecule has 2 aromatic rings. The zero-order chi connectivity index (χ0) is 19.5. The molecule has 0 saturated heterocycles. The molecule has 0 spiro atoms. The Morgan fingerprint density at radius 2 is 1.77 bits per heavy atom. The van der Waals surface area contributed by atoms with E-state index in [0.29, 0.717) is 24.0 Å². The summed E-state index contributed by atoms with van der Waals surface area (Å²) in [7, 11) is 0. The molecule has 1 N–H and O–H groups in total. The lowest BCUT2D eigenvalue weighted by atomic mass is 10.1. The SMILES string of the molecule is O=C(CSc1ncc(C(F)(F)F)cc1Cl)Nc1ccccc1C(F)(F)F. The highest BCUT2D eigenvalue weighted by atomic mass is 35.5. The molecule has 1 aromatic carbocycles. The smallest absolute Gasteiger partial charge is 0.325 e. The largest absolute Gasteiger partial charge is 0.418 e. The number of alkyl halides is 6. The summed E-state index contributed by atoms with van der Waals surface area (Å²) in [5.74, 6) is -1.17. The number of hydrogen-bond donors (Lipinski definition) is 1. The lowest BCUT2D eigenvalue weighted by Gasteiger charge is -2.13. The lowest BCUT2D eigenvalue weighted by Crippen LogP contribution is -2.18. The zero-order valence-corrected chi connectivity index (χ0v) is 14.2. The number of halogens is 7. The first-order valence-electron chi connectivity index (χ1n) is 6.80. The summed E-state index contributed by atoms with van der Waals surface area (Å²) in [5, 5.41) is 1.76. The van der Waals surface area contributed by atoms with Gasteiger partial charge in [0.1, 0.15) is 5.03 Å². The van der Waals surface area contributed by atoms with Gasteiger partial charge in [0.05, 0.1) is 27.6 Å². The second kappa shape index (κ2) is 7.75. The van der Waals surface area contributed by atoms with E-state index < -0.39 is 35.1 Å². The van der Waals surface area contributed by atoms with E-state index in [-0.39, 0.29) is 15.8 Å². The maximum atomic E-state index is 12.9. The topological polar surface area (TPSA) is 42.0 Å². The zero-order valence-electron chi connectivity index (χ0n) is 12.6. The molecule has 0 bridgehead atoms. The third-order valence-electron chi connectivity index (χ3n) is 2.98. The van der Waals surface area contributed by atoms with E-state index in [1.54, 1.807) is 0 Å². The van der Waals surface area contributed by atoms with Crippen LogP contribution in [0.25, 0.3) is 0 Å². The monoisotopic (exact) mass is 414 g/mol. The molecule has 0 aliphatic heterocycles. The van der Waals surface area contributed by atoms with Gasteiger partial charge >= 0.3 is 12.4 Å². The predicted octanol–water partition coefficient (Wildman–Crippen LogP) is 5.50. The van der Waals surface area contributed by atoms with Crippen molar-refractivity contribution >= 4 is 35.0 Å². The highest BCUT2D eigenvalue weighted by molar-refractivity contribution is 8.00. The first kappa shape index (κ1) is 20.4. The Morgan fingerprint density at radius 1 is 1.12 bits per heavy atom. The standard InChI is InChI=1S/C15H9ClF6N2OS/c16-10-5-8(14(17,18)19)6-23-13(10)26-7-12(25)24-11-4-2-1-3-9(11)15(20,21)22/h1-6H,7H2,(H,24,25). The van der Waals surface area contributed by atoms with Crippen molar-refractivity contribution in [2.24, 2.45) is 0 Å². The molecule has 0 saturated carbocycles. The van der Waals surface area contributed by atoms with Gasteiger partial charge in [0.25, 0.3) is 0 Å². The number of hydrogen-bond acceptors (Lipinski definition) is 3. The minimum atomic E-state index is -4.64. The second-order valence-corrected chi connectivity index (χ2v) is 6.26. The number of para-hydroxylation sites is 1. The Hall–Kier alpha value is -1.94. The van der Waals surface area contributed by atoms with Crippen LogP contribution in [0.1, 0.15) is 11.1 Å². The van der Waals surface area contributed by atoms with Crippen LogP contribution in [0.4, 0.5) is 32.0 Å². The summed E-state index contributed by atoms with van der Waals surface area (Å²) in [5.41, 5.74) is -2.48. The summed E-state index contributed by atoms with van der Waals surface area (Å²) in [6.45, 7) is 0. The molecule has 0 fully saturated rings. The van der Waals surface area contributed by atoms with Crippen molar-refractivity contribution < 1.29 is 31.1 Å². The van der Waals surface area contributed by atoms with Crippen molar-refractivity contribution in [3.8, 4) is 0 Å². The first-order chi connectivity index (χ1) is 12.0. The molecule has 0 aliphatic carbocycles. The Labute approximate surface area is 152 Å². The number of aromatic nitrogens is 1. The highest BCUT2D eigenvalue weighted by Gasteiger charge is 2.34. The molecule has 3 nitrogen and oxygen atoms in total. The van der Waals surface area contributed by atoms with Crippen LogP contribution in [-0.4, -0.2) is 16.6 Å². The quantitative estimate of drug-likeness (QED) is 0.530. The molecule has 1 amide bonds. The van der Waals surface area contributed by atoms with Gasteiger partial charge in [-0.15, -0.1) is 0 Å². The highest BCUT2D eigenvalue weighted by Crippen LogP contribution is 2.35. The average Bonchev–Trinajstić information content (AvgIpc) is 2.52. The molecule has 26 heavy (non-hydrogen) atoms. The van der Waals surface area contributed by atoms with Crippen molar-refractivity contribution in [1.82, 2.24) is 4.98 Å². The van der Waals surface area contributed by atoms with Crippen molar-refractivity contribution in [2.75, 3.05) is 11.1 Å². The fourth-order valence-electron chi connectivity index (χ4n) is 1.85. The fourth-order valence-corrected chi connectivity index (χ4v) is 2.84. The van der Waals surface area contributed by atoms with E-state index in [9.17, 15) is 31.1 Å². The summed E-state index contributed by atoms with van der Waals surface area (Å²) < 4.78 is 76.2. The van der Waals surface area contributed by atoms with Crippen molar-refractivity contribution in [2.45, 2.75) is 17.4 Å². The van der Waals surface area contributed by atoms with Crippen LogP contribution in [-0.2, 0) is 17.1 Å². The number of rotatable bonds is 4. The Morgan fingerprint density at radius 3 is 2.35 bits per heavy atom. The summed E-state index contributed by atoms with van der Waals surface area (Å²) in [6.07, 6.45) is -8.70. The van der Waals surface area contributed by atoms with Gasteiger partial charge < -0.3 is 5.32 Å². The number of amides is 1. The van der Waals surface area contributed by atoms with Gasteiger partial charge in [-0.05, 0) is 18.2 Å². The third-order valence-corrected chi connectivity index (χ3v) is 4.39. The van der Waals surface area contributed by atoms with Gasteiger partial charge in [0.15, 0.2) is 0 Å². The van der Waals surface area contributed by atoms with Gasteiger partial charge in [0, 0.05) is 6.20 Å². The molecule has 2 rings (SSSR count). The van der Waals surface area contributed by atoms with Crippen LogP contribution in [0, 0.1) is 0 Å².